The minimum Gasteiger partial charge on any atom is -0.480 e. The van der Waals surface area contributed by atoms with Crippen LogP contribution in [0.5, 0.6) is 0 Å². The lowest BCUT2D eigenvalue weighted by molar-refractivity contribution is -0.143. The molecule has 1 aromatic carbocycles. The van der Waals surface area contributed by atoms with E-state index in [9.17, 15) is 35.9 Å². The number of amides is 1. The first-order chi connectivity index (χ1) is 11.8. The summed E-state index contributed by atoms with van der Waals surface area (Å²) in [7, 11) is 0. The molecule has 2 rings (SSSR count). The molecule has 0 bridgehead atoms. The summed E-state index contributed by atoms with van der Waals surface area (Å²) in [6, 6.07) is 0.880. The zero-order valence-corrected chi connectivity index (χ0v) is 13.9. The highest BCUT2D eigenvalue weighted by atomic mass is 32.2. The van der Waals surface area contributed by atoms with Crippen molar-refractivity contribution in [3.8, 4) is 0 Å². The van der Waals surface area contributed by atoms with Crippen LogP contribution in [-0.2, 0) is 21.9 Å². The molecule has 1 saturated heterocycles. The number of hydrogen-bond acceptors (Lipinski definition) is 4. The van der Waals surface area contributed by atoms with E-state index in [-0.39, 0.29) is 15.3 Å². The van der Waals surface area contributed by atoms with Crippen molar-refractivity contribution in [1.82, 2.24) is 4.90 Å². The molecule has 1 aromatic rings. The summed E-state index contributed by atoms with van der Waals surface area (Å²) in [5.74, 6) is -2.28. The number of carboxylic acids is 1. The van der Waals surface area contributed by atoms with Crippen molar-refractivity contribution < 1.29 is 41.0 Å². The Morgan fingerprint density at radius 2 is 1.62 bits per heavy atom. The smallest absolute Gasteiger partial charge is 0.416 e. The van der Waals surface area contributed by atoms with Gasteiger partial charge in [0.05, 0.1) is 16.0 Å². The SMILES string of the molecule is O=C(O)CN1C(=O)/C(=C/c2cc(C(F)(F)F)cc(C(F)(F)F)c2)SC1=S. The standard InChI is InChI=1S/C14H7F6NO3S2/c15-13(16,17)7-1-6(2-8(4-7)14(18,19)20)3-9-11(24)21(5-10(22)23)12(25)26-9/h1-4H,5H2,(H,22,23)/b9-3-. The summed E-state index contributed by atoms with van der Waals surface area (Å²) in [5.41, 5.74) is -3.57. The first-order valence-corrected chi connectivity index (χ1v) is 7.78. The first kappa shape index (κ1) is 20.2. The Balaban J connectivity index is 2.48. The van der Waals surface area contributed by atoms with Gasteiger partial charge in [-0.2, -0.15) is 26.3 Å². The van der Waals surface area contributed by atoms with Gasteiger partial charge in [-0.15, -0.1) is 0 Å². The fourth-order valence-electron chi connectivity index (χ4n) is 1.99. The monoisotopic (exact) mass is 415 g/mol. The van der Waals surface area contributed by atoms with Crippen LogP contribution in [0.3, 0.4) is 0 Å². The number of benzene rings is 1. The molecule has 0 aromatic heterocycles. The van der Waals surface area contributed by atoms with Gasteiger partial charge < -0.3 is 5.11 Å². The van der Waals surface area contributed by atoms with Crippen LogP contribution < -0.4 is 0 Å². The normalized spacial score (nSPS) is 17.3. The molecular weight excluding hydrogens is 408 g/mol. The number of nitrogens with zero attached hydrogens (tertiary/aromatic N) is 1. The second-order valence-electron chi connectivity index (χ2n) is 5.00. The third-order valence-corrected chi connectivity index (χ3v) is 4.45. The number of thiocarbonyl (C=S) groups is 1. The minimum atomic E-state index is -5.02. The number of carboxylic acid groups (broad SMARTS) is 1. The molecule has 1 fully saturated rings. The van der Waals surface area contributed by atoms with Crippen LogP contribution in [0.15, 0.2) is 23.1 Å². The van der Waals surface area contributed by atoms with Gasteiger partial charge in [0, 0.05) is 0 Å². The number of alkyl halides is 6. The summed E-state index contributed by atoms with van der Waals surface area (Å²) >= 11 is 5.39. The van der Waals surface area contributed by atoms with Crippen LogP contribution in [0.4, 0.5) is 26.3 Å². The van der Waals surface area contributed by atoms with E-state index in [2.05, 4.69) is 0 Å². The van der Waals surface area contributed by atoms with E-state index in [4.69, 9.17) is 17.3 Å². The molecule has 4 nitrogen and oxygen atoms in total. The lowest BCUT2D eigenvalue weighted by atomic mass is 10.0. The molecule has 1 aliphatic rings. The topological polar surface area (TPSA) is 57.6 Å². The van der Waals surface area contributed by atoms with Crippen molar-refractivity contribution >= 4 is 46.3 Å². The zero-order chi connectivity index (χ0) is 19.9. The van der Waals surface area contributed by atoms with Crippen molar-refractivity contribution in [3.63, 3.8) is 0 Å². The second-order valence-corrected chi connectivity index (χ2v) is 6.68. The van der Waals surface area contributed by atoms with Crippen LogP contribution in [0.2, 0.25) is 0 Å². The van der Waals surface area contributed by atoms with Gasteiger partial charge in [0.15, 0.2) is 0 Å². The van der Waals surface area contributed by atoms with Gasteiger partial charge in [0.2, 0.25) is 0 Å². The number of hydrogen-bond donors (Lipinski definition) is 1. The molecule has 12 heteroatoms. The van der Waals surface area contributed by atoms with Crippen LogP contribution >= 0.6 is 24.0 Å². The lowest BCUT2D eigenvalue weighted by Gasteiger charge is -2.13. The average molecular weight is 415 g/mol. The number of aliphatic carboxylic acids is 1. The summed E-state index contributed by atoms with van der Waals surface area (Å²) in [5, 5.41) is 8.71. The van der Waals surface area contributed by atoms with E-state index in [1.54, 1.807) is 0 Å². The Morgan fingerprint density at radius 3 is 2.04 bits per heavy atom. The first-order valence-electron chi connectivity index (χ1n) is 6.55. The Bertz CT molecular complexity index is 784. The maximum absolute atomic E-state index is 12.8. The number of carbonyl (C=O) groups excluding carboxylic acids is 1. The van der Waals surface area contributed by atoms with Crippen LogP contribution in [-0.4, -0.2) is 32.7 Å². The maximum Gasteiger partial charge on any atom is 0.416 e. The molecule has 1 amide bonds. The molecule has 0 aliphatic carbocycles. The lowest BCUT2D eigenvalue weighted by Crippen LogP contribution is -2.33. The molecule has 0 unspecified atom stereocenters. The van der Waals surface area contributed by atoms with Gasteiger partial charge in [0.25, 0.3) is 5.91 Å². The Morgan fingerprint density at radius 1 is 1.12 bits per heavy atom. The molecule has 0 spiro atoms. The predicted octanol–water partition coefficient (Wildman–Crippen LogP) is 4.01. The van der Waals surface area contributed by atoms with Gasteiger partial charge in [-0.05, 0) is 29.8 Å². The highest BCUT2D eigenvalue weighted by Crippen LogP contribution is 2.38. The predicted molar refractivity (Wildman–Crippen MR) is 84.0 cm³/mol. The van der Waals surface area contributed by atoms with E-state index in [0.29, 0.717) is 28.8 Å². The highest BCUT2D eigenvalue weighted by molar-refractivity contribution is 8.26. The molecule has 140 valence electrons. The molecule has 1 heterocycles. The second kappa shape index (κ2) is 6.91. The molecule has 26 heavy (non-hydrogen) atoms. The van der Waals surface area contributed by atoms with E-state index in [0.717, 1.165) is 6.08 Å². The van der Waals surface area contributed by atoms with Gasteiger partial charge in [0.1, 0.15) is 10.9 Å². The minimum absolute atomic E-state index is 0.0347. The van der Waals surface area contributed by atoms with E-state index >= 15 is 0 Å². The Kier molecular flexibility index (Phi) is 5.38. The number of rotatable bonds is 3. The number of thioether (sulfide) groups is 1. The maximum atomic E-state index is 12.8. The van der Waals surface area contributed by atoms with E-state index < -0.39 is 47.5 Å². The van der Waals surface area contributed by atoms with Gasteiger partial charge in [-0.25, -0.2) is 0 Å². The van der Waals surface area contributed by atoms with Crippen molar-refractivity contribution in [2.24, 2.45) is 0 Å². The summed E-state index contributed by atoms with van der Waals surface area (Å²) < 4.78 is 76.9. The van der Waals surface area contributed by atoms with Gasteiger partial charge in [-0.3, -0.25) is 14.5 Å². The fraction of sp³-hybridized carbons (Fsp3) is 0.214. The molecule has 0 radical (unpaired) electrons. The fourth-order valence-corrected chi connectivity index (χ4v) is 3.24. The Labute approximate surface area is 151 Å². The molecule has 1 aliphatic heterocycles. The van der Waals surface area contributed by atoms with Crippen LogP contribution in [0, 0.1) is 0 Å². The Hall–Kier alpha value is -2.08. The number of carbonyl (C=O) groups is 2. The van der Waals surface area contributed by atoms with Crippen LogP contribution in [0.1, 0.15) is 16.7 Å². The molecule has 0 saturated carbocycles. The summed E-state index contributed by atoms with van der Waals surface area (Å²) in [6.45, 7) is -0.765. The van der Waals surface area contributed by atoms with Gasteiger partial charge in [-0.1, -0.05) is 24.0 Å². The highest BCUT2D eigenvalue weighted by Gasteiger charge is 2.37. The summed E-state index contributed by atoms with van der Waals surface area (Å²) in [4.78, 5) is 23.2. The molecular formula is C14H7F6NO3S2. The van der Waals surface area contributed by atoms with Crippen molar-refractivity contribution in [3.05, 3.63) is 39.8 Å². The molecule has 1 N–H and O–H groups in total. The van der Waals surface area contributed by atoms with E-state index in [1.807, 2.05) is 0 Å². The van der Waals surface area contributed by atoms with Gasteiger partial charge >= 0.3 is 18.3 Å². The molecule has 0 atom stereocenters. The van der Waals surface area contributed by atoms with Crippen molar-refractivity contribution in [1.29, 1.82) is 0 Å². The third-order valence-electron chi connectivity index (χ3n) is 3.07. The average Bonchev–Trinajstić information content (AvgIpc) is 2.72. The third kappa shape index (κ3) is 4.55. The zero-order valence-electron chi connectivity index (χ0n) is 12.3. The summed E-state index contributed by atoms with van der Waals surface area (Å²) in [6.07, 6.45) is -9.23. The van der Waals surface area contributed by atoms with Crippen molar-refractivity contribution in [2.75, 3.05) is 6.54 Å². The van der Waals surface area contributed by atoms with Crippen molar-refractivity contribution in [2.45, 2.75) is 12.4 Å². The largest absolute Gasteiger partial charge is 0.480 e. The van der Waals surface area contributed by atoms with E-state index in [1.165, 1.54) is 0 Å². The van der Waals surface area contributed by atoms with Crippen LogP contribution in [0.25, 0.3) is 6.08 Å². The quantitative estimate of drug-likeness (QED) is 0.459. The number of halogens is 6.